The summed E-state index contributed by atoms with van der Waals surface area (Å²) in [7, 11) is 1.11. The van der Waals surface area contributed by atoms with Crippen molar-refractivity contribution in [3.05, 3.63) is 69.7 Å². The summed E-state index contributed by atoms with van der Waals surface area (Å²) in [5.74, 6) is -1.42. The zero-order valence-corrected chi connectivity index (χ0v) is 15.2. The number of rotatable bonds is 5. The third-order valence-electron chi connectivity index (χ3n) is 3.62. The van der Waals surface area contributed by atoms with E-state index >= 15 is 0 Å². The van der Waals surface area contributed by atoms with Gasteiger partial charge < -0.3 is 10.1 Å². The monoisotopic (exact) mass is 429 g/mol. The summed E-state index contributed by atoms with van der Waals surface area (Å²) in [6.45, 7) is 0. The van der Waals surface area contributed by atoms with E-state index in [9.17, 15) is 22.8 Å². The summed E-state index contributed by atoms with van der Waals surface area (Å²) in [5.41, 5.74) is -0.701. The molecular formula is C18H15BrF3NO3. The first-order valence-corrected chi connectivity index (χ1v) is 8.31. The third-order valence-corrected chi connectivity index (χ3v) is 4.12. The minimum absolute atomic E-state index is 0.107. The Morgan fingerprint density at radius 1 is 1.15 bits per heavy atom. The highest BCUT2D eigenvalue weighted by atomic mass is 79.9. The van der Waals surface area contributed by atoms with E-state index in [1.165, 1.54) is 30.3 Å². The fraction of sp³-hybridized carbons (Fsp3) is 0.222. The van der Waals surface area contributed by atoms with E-state index in [0.29, 0.717) is 4.47 Å². The molecule has 0 heterocycles. The summed E-state index contributed by atoms with van der Waals surface area (Å²) >= 11 is 3.23. The Morgan fingerprint density at radius 2 is 1.85 bits per heavy atom. The number of carbonyl (C=O) groups excluding carboxylic acids is 2. The van der Waals surface area contributed by atoms with Gasteiger partial charge in [0.05, 0.1) is 12.7 Å². The molecule has 0 aliphatic rings. The fourth-order valence-electron chi connectivity index (χ4n) is 2.40. The quantitative estimate of drug-likeness (QED) is 0.731. The first-order valence-electron chi connectivity index (χ1n) is 7.51. The van der Waals surface area contributed by atoms with Gasteiger partial charge in [0.1, 0.15) is 6.04 Å². The van der Waals surface area contributed by atoms with Gasteiger partial charge in [-0.05, 0) is 29.8 Å². The van der Waals surface area contributed by atoms with Gasteiger partial charge in [-0.15, -0.1) is 0 Å². The third kappa shape index (κ3) is 5.08. The van der Waals surface area contributed by atoms with Crippen LogP contribution >= 0.6 is 15.9 Å². The molecule has 1 amide bonds. The van der Waals surface area contributed by atoms with Crippen molar-refractivity contribution in [3.63, 3.8) is 0 Å². The van der Waals surface area contributed by atoms with E-state index in [0.717, 1.165) is 13.2 Å². The zero-order valence-electron chi connectivity index (χ0n) is 13.6. The van der Waals surface area contributed by atoms with Crippen LogP contribution in [0, 0.1) is 0 Å². The zero-order chi connectivity index (χ0) is 19.3. The second kappa shape index (κ2) is 8.35. The standard InChI is InChI=1S/C18H15BrF3NO3/c1-26-17(25)15(23-16(24)12-6-4-7-13(19)9-12)10-11-5-2-3-8-14(11)18(20,21)22/h2-9,15H,10H2,1H3,(H,23,24)/t15-/m0/s1. The van der Waals surface area contributed by atoms with Gasteiger partial charge in [0.25, 0.3) is 5.91 Å². The maximum absolute atomic E-state index is 13.1. The highest BCUT2D eigenvalue weighted by Crippen LogP contribution is 2.32. The van der Waals surface area contributed by atoms with Crippen LogP contribution in [0.5, 0.6) is 0 Å². The molecule has 0 saturated heterocycles. The van der Waals surface area contributed by atoms with Crippen molar-refractivity contribution in [2.45, 2.75) is 18.6 Å². The van der Waals surface area contributed by atoms with Crippen molar-refractivity contribution in [2.24, 2.45) is 0 Å². The van der Waals surface area contributed by atoms with E-state index in [-0.39, 0.29) is 17.5 Å². The summed E-state index contributed by atoms with van der Waals surface area (Å²) in [5, 5.41) is 2.44. The molecule has 4 nitrogen and oxygen atoms in total. The molecule has 0 bridgehead atoms. The van der Waals surface area contributed by atoms with Crippen LogP contribution < -0.4 is 5.32 Å². The van der Waals surface area contributed by atoms with E-state index in [1.807, 2.05) is 0 Å². The van der Waals surface area contributed by atoms with Gasteiger partial charge in [-0.1, -0.05) is 40.2 Å². The smallest absolute Gasteiger partial charge is 0.416 e. The second-order valence-corrected chi connectivity index (χ2v) is 6.33. The van der Waals surface area contributed by atoms with Gasteiger partial charge >= 0.3 is 12.1 Å². The Labute approximate surface area is 156 Å². The number of nitrogens with one attached hydrogen (secondary N) is 1. The normalized spacial score (nSPS) is 12.3. The van der Waals surface area contributed by atoms with Crippen molar-refractivity contribution in [2.75, 3.05) is 7.11 Å². The molecule has 8 heteroatoms. The molecule has 26 heavy (non-hydrogen) atoms. The number of amides is 1. The molecule has 2 aromatic rings. The van der Waals surface area contributed by atoms with Crippen LogP contribution in [0.3, 0.4) is 0 Å². The van der Waals surface area contributed by atoms with Crippen LogP contribution in [0.25, 0.3) is 0 Å². The van der Waals surface area contributed by atoms with Crippen LogP contribution in [-0.4, -0.2) is 25.0 Å². The molecule has 0 unspecified atom stereocenters. The molecule has 2 aromatic carbocycles. The number of hydrogen-bond acceptors (Lipinski definition) is 3. The lowest BCUT2D eigenvalue weighted by molar-refractivity contribution is -0.144. The molecule has 1 atom stereocenters. The van der Waals surface area contributed by atoms with Crippen LogP contribution in [0.1, 0.15) is 21.5 Å². The second-order valence-electron chi connectivity index (χ2n) is 5.42. The van der Waals surface area contributed by atoms with Crippen molar-refractivity contribution in [1.82, 2.24) is 5.32 Å². The number of alkyl halides is 3. The molecule has 0 aromatic heterocycles. The van der Waals surface area contributed by atoms with Crippen molar-refractivity contribution in [1.29, 1.82) is 0 Å². The number of methoxy groups -OCH3 is 1. The molecule has 2 rings (SSSR count). The molecular weight excluding hydrogens is 415 g/mol. The largest absolute Gasteiger partial charge is 0.467 e. The van der Waals surface area contributed by atoms with Gasteiger partial charge in [-0.2, -0.15) is 13.2 Å². The van der Waals surface area contributed by atoms with Crippen molar-refractivity contribution in [3.8, 4) is 0 Å². The highest BCUT2D eigenvalue weighted by molar-refractivity contribution is 9.10. The van der Waals surface area contributed by atoms with Gasteiger partial charge in [0.2, 0.25) is 0 Å². The fourth-order valence-corrected chi connectivity index (χ4v) is 2.80. The van der Waals surface area contributed by atoms with Crippen LogP contribution in [0.15, 0.2) is 53.0 Å². The Bertz CT molecular complexity index is 808. The van der Waals surface area contributed by atoms with E-state index < -0.39 is 29.7 Å². The van der Waals surface area contributed by atoms with Crippen molar-refractivity contribution < 1.29 is 27.5 Å². The van der Waals surface area contributed by atoms with Crippen LogP contribution in [0.4, 0.5) is 13.2 Å². The minimum atomic E-state index is -4.56. The highest BCUT2D eigenvalue weighted by Gasteiger charge is 2.34. The predicted molar refractivity (Wildman–Crippen MR) is 92.6 cm³/mol. The minimum Gasteiger partial charge on any atom is -0.467 e. The number of carbonyl (C=O) groups is 2. The average Bonchev–Trinajstić information content (AvgIpc) is 2.60. The molecule has 1 N–H and O–H groups in total. The Morgan fingerprint density at radius 3 is 2.46 bits per heavy atom. The molecule has 0 radical (unpaired) electrons. The molecule has 138 valence electrons. The lowest BCUT2D eigenvalue weighted by Gasteiger charge is -2.19. The SMILES string of the molecule is COC(=O)[C@H](Cc1ccccc1C(F)(F)F)NC(=O)c1cccc(Br)c1. The van der Waals surface area contributed by atoms with Gasteiger partial charge in [-0.3, -0.25) is 4.79 Å². The maximum Gasteiger partial charge on any atom is 0.416 e. The number of halogens is 4. The van der Waals surface area contributed by atoms with Gasteiger partial charge in [0.15, 0.2) is 0 Å². The molecule has 0 aliphatic heterocycles. The maximum atomic E-state index is 13.1. The van der Waals surface area contributed by atoms with Gasteiger partial charge in [0, 0.05) is 16.5 Å². The lowest BCUT2D eigenvalue weighted by Crippen LogP contribution is -2.43. The van der Waals surface area contributed by atoms with E-state index in [2.05, 4.69) is 26.0 Å². The lowest BCUT2D eigenvalue weighted by atomic mass is 9.99. The van der Waals surface area contributed by atoms with Crippen LogP contribution in [0.2, 0.25) is 0 Å². The molecule has 0 spiro atoms. The van der Waals surface area contributed by atoms with Gasteiger partial charge in [-0.25, -0.2) is 4.79 Å². The predicted octanol–water partition coefficient (Wildman–Crippen LogP) is 3.98. The van der Waals surface area contributed by atoms with Crippen molar-refractivity contribution >= 4 is 27.8 Å². The summed E-state index contributed by atoms with van der Waals surface area (Å²) in [4.78, 5) is 24.3. The Balaban J connectivity index is 2.27. The summed E-state index contributed by atoms with van der Waals surface area (Å²) in [6, 6.07) is 10.1. The van der Waals surface area contributed by atoms with E-state index in [1.54, 1.807) is 12.1 Å². The number of esters is 1. The van der Waals surface area contributed by atoms with Crippen LogP contribution in [-0.2, 0) is 22.1 Å². The van der Waals surface area contributed by atoms with E-state index in [4.69, 9.17) is 0 Å². The number of ether oxygens (including phenoxy) is 1. The molecule has 0 saturated carbocycles. The molecule has 0 fully saturated rings. The molecule has 0 aliphatic carbocycles. The first-order chi connectivity index (χ1) is 12.2. The number of hydrogen-bond donors (Lipinski definition) is 1. The first kappa shape index (κ1) is 20.0. The average molecular weight is 430 g/mol. The topological polar surface area (TPSA) is 55.4 Å². The Kier molecular flexibility index (Phi) is 6.42. The summed E-state index contributed by atoms with van der Waals surface area (Å²) < 4.78 is 44.7. The number of benzene rings is 2. The Hall–Kier alpha value is -2.35. The summed E-state index contributed by atoms with van der Waals surface area (Å²) in [6.07, 6.45) is -4.91.